The summed E-state index contributed by atoms with van der Waals surface area (Å²) < 4.78 is 7.25. The molecule has 0 bridgehead atoms. The quantitative estimate of drug-likeness (QED) is 0.553. The third-order valence-corrected chi connectivity index (χ3v) is 5.29. The lowest BCUT2D eigenvalue weighted by molar-refractivity contribution is 0.112. The van der Waals surface area contributed by atoms with E-state index in [1.165, 1.54) is 0 Å². The van der Waals surface area contributed by atoms with Gasteiger partial charge in [-0.15, -0.1) is 0 Å². The summed E-state index contributed by atoms with van der Waals surface area (Å²) in [6.07, 6.45) is 2.03. The summed E-state index contributed by atoms with van der Waals surface area (Å²) in [4.78, 5) is 12.5. The molecule has 0 aliphatic carbocycles. The lowest BCUT2D eigenvalue weighted by Gasteiger charge is -2.12. The summed E-state index contributed by atoms with van der Waals surface area (Å²) in [6, 6.07) is 16.8. The molecule has 1 fully saturated rings. The molecule has 1 aliphatic rings. The van der Waals surface area contributed by atoms with Crippen LogP contribution in [-0.4, -0.2) is 35.1 Å². The molecule has 3 aromatic rings. The van der Waals surface area contributed by atoms with Gasteiger partial charge < -0.3 is 21.1 Å². The van der Waals surface area contributed by atoms with Gasteiger partial charge in [0.2, 0.25) is 0 Å². The van der Waals surface area contributed by atoms with Gasteiger partial charge >= 0.3 is 6.03 Å². The molecular formula is C22H24ClN5O2. The molecule has 156 valence electrons. The van der Waals surface area contributed by atoms with Gasteiger partial charge in [-0.1, -0.05) is 54.1 Å². The summed E-state index contributed by atoms with van der Waals surface area (Å²) >= 11 is 6.03. The fraction of sp³-hybridized carbons (Fsp3) is 0.273. The van der Waals surface area contributed by atoms with Crippen LogP contribution in [0.15, 0.2) is 54.6 Å². The number of hydrogen-bond donors (Lipinski definition) is 3. The third kappa shape index (κ3) is 4.75. The van der Waals surface area contributed by atoms with E-state index >= 15 is 0 Å². The molecule has 1 atom stereocenters. The van der Waals surface area contributed by atoms with E-state index in [2.05, 4.69) is 15.7 Å². The molecule has 30 heavy (non-hydrogen) atoms. The van der Waals surface area contributed by atoms with Crippen molar-refractivity contribution in [1.29, 1.82) is 0 Å². The highest BCUT2D eigenvalue weighted by Gasteiger charge is 2.21. The maximum Gasteiger partial charge on any atom is 0.319 e. The van der Waals surface area contributed by atoms with Crippen LogP contribution in [-0.2, 0) is 11.3 Å². The maximum atomic E-state index is 12.5. The second-order valence-electron chi connectivity index (χ2n) is 7.23. The number of nitrogens with zero attached hydrogens (tertiary/aromatic N) is 2. The van der Waals surface area contributed by atoms with Crippen LogP contribution in [0.2, 0.25) is 5.02 Å². The summed E-state index contributed by atoms with van der Waals surface area (Å²) in [5.74, 6) is 0.385. The molecular weight excluding hydrogens is 402 g/mol. The van der Waals surface area contributed by atoms with Crippen molar-refractivity contribution >= 4 is 29.1 Å². The molecule has 4 N–H and O–H groups in total. The van der Waals surface area contributed by atoms with E-state index in [1.54, 1.807) is 16.8 Å². The smallest absolute Gasteiger partial charge is 0.319 e. The van der Waals surface area contributed by atoms with Crippen LogP contribution in [0.3, 0.4) is 0 Å². The lowest BCUT2D eigenvalue weighted by Crippen LogP contribution is -2.35. The maximum absolute atomic E-state index is 12.5. The Morgan fingerprint density at radius 1 is 1.20 bits per heavy atom. The molecule has 2 amide bonds. The van der Waals surface area contributed by atoms with Gasteiger partial charge in [0.1, 0.15) is 17.2 Å². The first-order chi connectivity index (χ1) is 14.6. The number of ether oxygens (including phenoxy) is 1. The van der Waals surface area contributed by atoms with Crippen molar-refractivity contribution in [3.05, 3.63) is 65.2 Å². The SMILES string of the molecule is Nc1c(NC(=O)NCC2CCCO2)c(-c2ccc(Cl)cc2)nn1Cc1ccccc1. The van der Waals surface area contributed by atoms with Crippen LogP contribution in [0.5, 0.6) is 0 Å². The zero-order valence-electron chi connectivity index (χ0n) is 16.5. The minimum Gasteiger partial charge on any atom is -0.382 e. The summed E-state index contributed by atoms with van der Waals surface area (Å²) in [6.45, 7) is 1.69. The summed E-state index contributed by atoms with van der Waals surface area (Å²) in [7, 11) is 0. The predicted octanol–water partition coefficient (Wildman–Crippen LogP) is 4.13. The van der Waals surface area contributed by atoms with Crippen LogP contribution in [0.1, 0.15) is 18.4 Å². The molecule has 2 heterocycles. The van der Waals surface area contributed by atoms with Crippen molar-refractivity contribution in [3.8, 4) is 11.3 Å². The number of aromatic nitrogens is 2. The van der Waals surface area contributed by atoms with Crippen molar-refractivity contribution in [2.45, 2.75) is 25.5 Å². The number of carbonyl (C=O) groups excluding carboxylic acids is 1. The van der Waals surface area contributed by atoms with Gasteiger partial charge in [0.05, 0.1) is 12.6 Å². The zero-order chi connectivity index (χ0) is 20.9. The number of nitrogens with one attached hydrogen (secondary N) is 2. The number of benzene rings is 2. The molecule has 1 saturated heterocycles. The van der Waals surface area contributed by atoms with E-state index in [1.807, 2.05) is 42.5 Å². The van der Waals surface area contributed by atoms with E-state index in [9.17, 15) is 4.79 Å². The van der Waals surface area contributed by atoms with Gasteiger partial charge in [-0.05, 0) is 30.5 Å². The first-order valence-corrected chi connectivity index (χ1v) is 10.3. The van der Waals surface area contributed by atoms with E-state index in [4.69, 9.17) is 22.1 Å². The molecule has 1 aliphatic heterocycles. The Labute approximate surface area is 180 Å². The van der Waals surface area contributed by atoms with Gasteiger partial charge in [0.15, 0.2) is 0 Å². The molecule has 8 heteroatoms. The number of nitrogen functional groups attached to an aromatic ring is 1. The molecule has 1 unspecified atom stereocenters. The largest absolute Gasteiger partial charge is 0.382 e. The Morgan fingerprint density at radius 3 is 2.67 bits per heavy atom. The molecule has 0 saturated carbocycles. The second-order valence-corrected chi connectivity index (χ2v) is 7.67. The lowest BCUT2D eigenvalue weighted by atomic mass is 10.1. The van der Waals surface area contributed by atoms with E-state index < -0.39 is 0 Å². The Kier molecular flexibility index (Phi) is 6.21. The van der Waals surface area contributed by atoms with Crippen LogP contribution < -0.4 is 16.4 Å². The fourth-order valence-corrected chi connectivity index (χ4v) is 3.58. The van der Waals surface area contributed by atoms with Gasteiger partial charge in [-0.3, -0.25) is 0 Å². The Balaban J connectivity index is 1.59. The fourth-order valence-electron chi connectivity index (χ4n) is 3.45. The highest BCUT2D eigenvalue weighted by atomic mass is 35.5. The van der Waals surface area contributed by atoms with Crippen molar-refractivity contribution < 1.29 is 9.53 Å². The van der Waals surface area contributed by atoms with Crippen LogP contribution in [0, 0.1) is 0 Å². The first-order valence-electron chi connectivity index (χ1n) is 9.93. The molecule has 1 aromatic heterocycles. The number of halogens is 1. The first kappa shape index (κ1) is 20.3. The average molecular weight is 426 g/mol. The molecule has 0 spiro atoms. The Hall–Kier alpha value is -3.03. The van der Waals surface area contributed by atoms with E-state index in [0.29, 0.717) is 35.3 Å². The molecule has 0 radical (unpaired) electrons. The van der Waals surface area contributed by atoms with Gasteiger partial charge in [0, 0.05) is 23.7 Å². The predicted molar refractivity (Wildman–Crippen MR) is 119 cm³/mol. The average Bonchev–Trinajstić information content (AvgIpc) is 3.38. The molecule has 2 aromatic carbocycles. The normalized spacial score (nSPS) is 15.8. The van der Waals surface area contributed by atoms with Gasteiger partial charge in [-0.25, -0.2) is 9.48 Å². The zero-order valence-corrected chi connectivity index (χ0v) is 17.2. The monoisotopic (exact) mass is 425 g/mol. The van der Waals surface area contributed by atoms with Gasteiger partial charge in [0.25, 0.3) is 0 Å². The number of urea groups is 1. The molecule has 7 nitrogen and oxygen atoms in total. The van der Waals surface area contributed by atoms with Crippen molar-refractivity contribution in [1.82, 2.24) is 15.1 Å². The second kappa shape index (κ2) is 9.19. The van der Waals surface area contributed by atoms with Crippen LogP contribution in [0.25, 0.3) is 11.3 Å². The summed E-state index contributed by atoms with van der Waals surface area (Å²) in [5.41, 5.74) is 9.33. The number of hydrogen-bond acceptors (Lipinski definition) is 4. The number of rotatable bonds is 6. The Bertz CT molecular complexity index is 998. The van der Waals surface area contributed by atoms with Crippen molar-refractivity contribution in [2.24, 2.45) is 0 Å². The summed E-state index contributed by atoms with van der Waals surface area (Å²) in [5, 5.41) is 11.0. The van der Waals surface area contributed by atoms with E-state index in [-0.39, 0.29) is 12.1 Å². The standard InChI is InChI=1S/C22H24ClN5O2/c23-17-10-8-16(9-11-17)19-20(26-22(29)25-13-18-7-4-12-30-18)21(24)28(27-19)14-15-5-2-1-3-6-15/h1-3,5-6,8-11,18H,4,7,12-14,24H2,(H2,25,26,29). The van der Waals surface area contributed by atoms with Crippen molar-refractivity contribution in [3.63, 3.8) is 0 Å². The third-order valence-electron chi connectivity index (χ3n) is 5.04. The minimum atomic E-state index is -0.341. The van der Waals surface area contributed by atoms with Crippen LogP contribution >= 0.6 is 11.6 Å². The topological polar surface area (TPSA) is 94.2 Å². The molecule has 4 rings (SSSR count). The highest BCUT2D eigenvalue weighted by Crippen LogP contribution is 2.33. The van der Waals surface area contributed by atoms with Crippen molar-refractivity contribution in [2.75, 3.05) is 24.2 Å². The number of amides is 2. The number of carbonyl (C=O) groups is 1. The van der Waals surface area contributed by atoms with Gasteiger partial charge in [-0.2, -0.15) is 5.10 Å². The highest BCUT2D eigenvalue weighted by molar-refractivity contribution is 6.30. The minimum absolute atomic E-state index is 0.0598. The number of anilines is 2. The number of nitrogens with two attached hydrogens (primary N) is 1. The Morgan fingerprint density at radius 2 is 1.97 bits per heavy atom. The van der Waals surface area contributed by atoms with E-state index in [0.717, 1.165) is 30.6 Å². The van der Waals surface area contributed by atoms with Crippen LogP contribution in [0.4, 0.5) is 16.3 Å².